The molecule has 2 aliphatic rings. The molecule has 0 amide bonds. The molecule has 1 heterocycles. The fraction of sp³-hybridized carbons (Fsp3) is 1.00. The average molecular weight is 337 g/mol. The first kappa shape index (κ1) is 19.5. The zero-order valence-corrected chi connectivity index (χ0v) is 17.4. The minimum atomic E-state index is -0.187. The van der Waals surface area contributed by atoms with E-state index < -0.39 is 0 Å². The fourth-order valence-electron chi connectivity index (χ4n) is 4.17. The number of rotatable bonds is 5. The lowest BCUT2D eigenvalue weighted by atomic mass is 9.61. The third kappa shape index (κ3) is 4.64. The van der Waals surface area contributed by atoms with Gasteiger partial charge in [0.2, 0.25) is 0 Å². The van der Waals surface area contributed by atoms with Gasteiger partial charge in [-0.25, -0.2) is 0 Å². The van der Waals surface area contributed by atoms with Crippen LogP contribution in [0.4, 0.5) is 0 Å². The van der Waals surface area contributed by atoms with Crippen LogP contribution in [-0.4, -0.2) is 27.1 Å². The molecule has 23 heavy (non-hydrogen) atoms. The normalized spacial score (nSPS) is 31.2. The maximum atomic E-state index is 6.47. The van der Waals surface area contributed by atoms with Crippen LogP contribution in [0.1, 0.15) is 80.1 Å². The maximum Gasteiger partial charge on any atom is 0.461 e. The summed E-state index contributed by atoms with van der Waals surface area (Å²) in [7, 11) is -0.165. The molecule has 1 saturated heterocycles. The van der Waals surface area contributed by atoms with Gasteiger partial charge in [-0.05, 0) is 39.4 Å². The van der Waals surface area contributed by atoms with Crippen molar-refractivity contribution in [2.45, 2.75) is 115 Å². The molecule has 2 rings (SSSR count). The minimum absolute atomic E-state index is 0.0139. The van der Waals surface area contributed by atoms with Gasteiger partial charge in [-0.15, -0.1) is 0 Å². The Morgan fingerprint density at radius 3 is 1.91 bits per heavy atom. The molecule has 1 saturated carbocycles. The zero-order chi connectivity index (χ0) is 17.1. The molecule has 1 aliphatic heterocycles. The highest BCUT2D eigenvalue weighted by Crippen LogP contribution is 2.46. The van der Waals surface area contributed by atoms with Gasteiger partial charge in [-0.3, -0.25) is 0 Å². The average Bonchev–Trinajstić information content (AvgIpc) is 2.66. The Morgan fingerprint density at radius 2 is 1.39 bits per heavy atom. The third-order valence-corrected chi connectivity index (χ3v) is 9.74. The summed E-state index contributed by atoms with van der Waals surface area (Å²) >= 11 is 0. The van der Waals surface area contributed by atoms with Crippen LogP contribution in [0.2, 0.25) is 23.9 Å². The van der Waals surface area contributed by atoms with Crippen LogP contribution >= 0.6 is 0 Å². The van der Waals surface area contributed by atoms with E-state index in [0.29, 0.717) is 5.82 Å². The molecule has 133 valence electrons. The highest BCUT2D eigenvalue weighted by Gasteiger charge is 2.54. The van der Waals surface area contributed by atoms with Crippen molar-refractivity contribution >= 4 is 15.9 Å². The van der Waals surface area contributed by atoms with Crippen molar-refractivity contribution < 1.29 is 9.31 Å². The molecule has 2 nitrogen and oxygen atoms in total. The van der Waals surface area contributed by atoms with Gasteiger partial charge >= 0.3 is 7.12 Å². The van der Waals surface area contributed by atoms with Crippen molar-refractivity contribution in [3.8, 4) is 0 Å². The van der Waals surface area contributed by atoms with Crippen LogP contribution in [-0.2, 0) is 9.31 Å². The lowest BCUT2D eigenvalue weighted by Gasteiger charge is -2.32. The lowest BCUT2D eigenvalue weighted by molar-refractivity contribution is 0.00578. The van der Waals surface area contributed by atoms with Crippen molar-refractivity contribution in [1.29, 1.82) is 0 Å². The molecule has 0 aromatic carbocycles. The highest BCUT2D eigenvalue weighted by atomic mass is 28.3. The molecule has 0 N–H and O–H groups in total. The quantitative estimate of drug-likeness (QED) is 0.577. The summed E-state index contributed by atoms with van der Waals surface area (Å²) in [6.45, 7) is 13.6. The summed E-state index contributed by atoms with van der Waals surface area (Å²) < 4.78 is 12.9. The molecule has 4 heteroatoms. The van der Waals surface area contributed by atoms with E-state index in [1.807, 2.05) is 0 Å². The van der Waals surface area contributed by atoms with E-state index in [-0.39, 0.29) is 27.1 Å². The van der Waals surface area contributed by atoms with E-state index in [4.69, 9.17) is 9.31 Å². The molecule has 1 radical (unpaired) electrons. The summed E-state index contributed by atoms with van der Waals surface area (Å²) in [4.78, 5) is 0. The van der Waals surface area contributed by atoms with Gasteiger partial charge in [0, 0.05) is 8.80 Å². The molecular formula is C19H38BO2Si. The van der Waals surface area contributed by atoms with Crippen LogP contribution in [0.25, 0.3) is 0 Å². The minimum Gasteiger partial charge on any atom is -0.403 e. The molecule has 0 aromatic rings. The van der Waals surface area contributed by atoms with Gasteiger partial charge in [0.15, 0.2) is 0 Å². The molecule has 1 aliphatic carbocycles. The van der Waals surface area contributed by atoms with Crippen molar-refractivity contribution in [3.63, 3.8) is 0 Å². The Kier molecular flexibility index (Phi) is 6.84. The second kappa shape index (κ2) is 8.05. The molecule has 0 spiro atoms. The Morgan fingerprint density at radius 1 is 0.870 bits per heavy atom. The summed E-state index contributed by atoms with van der Waals surface area (Å²) in [5.41, 5.74) is -0.373. The van der Waals surface area contributed by atoms with E-state index in [1.54, 1.807) is 0 Å². The van der Waals surface area contributed by atoms with Gasteiger partial charge in [0.25, 0.3) is 0 Å². The van der Waals surface area contributed by atoms with Crippen LogP contribution in [0.5, 0.6) is 0 Å². The first-order valence-electron chi connectivity index (χ1n) is 10.00. The summed E-state index contributed by atoms with van der Waals surface area (Å²) in [6, 6.07) is 4.29. The smallest absolute Gasteiger partial charge is 0.403 e. The van der Waals surface area contributed by atoms with Crippen LogP contribution in [0, 0.1) is 5.92 Å². The van der Waals surface area contributed by atoms with E-state index in [2.05, 4.69) is 41.5 Å². The molecule has 0 unspecified atom stereocenters. The van der Waals surface area contributed by atoms with Gasteiger partial charge in [0.05, 0.1) is 11.2 Å². The van der Waals surface area contributed by atoms with Crippen molar-refractivity contribution in [2.24, 2.45) is 5.92 Å². The van der Waals surface area contributed by atoms with E-state index in [1.165, 1.54) is 56.7 Å². The first-order chi connectivity index (χ1) is 10.8. The molecule has 0 aromatic heterocycles. The van der Waals surface area contributed by atoms with Gasteiger partial charge in [-0.1, -0.05) is 70.5 Å². The summed E-state index contributed by atoms with van der Waals surface area (Å²) in [5.74, 6) is 1.42. The molecule has 2 atom stereocenters. The zero-order valence-electron chi connectivity index (χ0n) is 16.4. The maximum absolute atomic E-state index is 6.47. The summed E-state index contributed by atoms with van der Waals surface area (Å²) in [5, 5.41) is 0. The standard InChI is InChI=1S/C19H38BO2Si/c1-7-23(8-2)15-16-13-11-9-10-12-14-17(16)20-21-18(3,4)19(5,6)22-20/h16-17H,7-15H2,1-6H3/t16-,17+/m0/s1. The second-order valence-corrected chi connectivity index (χ2v) is 12.0. The van der Waals surface area contributed by atoms with Gasteiger partial charge in [-0.2, -0.15) is 0 Å². The number of hydrogen-bond acceptors (Lipinski definition) is 2. The van der Waals surface area contributed by atoms with Crippen molar-refractivity contribution in [3.05, 3.63) is 0 Å². The molecule has 2 fully saturated rings. The largest absolute Gasteiger partial charge is 0.461 e. The Balaban J connectivity index is 2.13. The predicted molar refractivity (Wildman–Crippen MR) is 103 cm³/mol. The van der Waals surface area contributed by atoms with Gasteiger partial charge < -0.3 is 9.31 Å². The van der Waals surface area contributed by atoms with Crippen molar-refractivity contribution in [2.75, 3.05) is 0 Å². The second-order valence-electron chi connectivity index (χ2n) is 8.70. The van der Waals surface area contributed by atoms with E-state index in [9.17, 15) is 0 Å². The van der Waals surface area contributed by atoms with E-state index in [0.717, 1.165) is 5.92 Å². The Hall–Kier alpha value is 0.202. The fourth-order valence-corrected chi connectivity index (χ4v) is 6.50. The third-order valence-electron chi connectivity index (χ3n) is 6.64. The van der Waals surface area contributed by atoms with Crippen LogP contribution in [0.3, 0.4) is 0 Å². The van der Waals surface area contributed by atoms with Crippen LogP contribution in [0.15, 0.2) is 0 Å². The van der Waals surface area contributed by atoms with Crippen LogP contribution < -0.4 is 0 Å². The Bertz CT molecular complexity index is 352. The summed E-state index contributed by atoms with van der Waals surface area (Å²) in [6.07, 6.45) is 8.26. The molecule has 0 bridgehead atoms. The highest BCUT2D eigenvalue weighted by molar-refractivity contribution is 6.59. The Labute approximate surface area is 146 Å². The number of hydrogen-bond donors (Lipinski definition) is 0. The van der Waals surface area contributed by atoms with Gasteiger partial charge in [0.1, 0.15) is 0 Å². The topological polar surface area (TPSA) is 18.5 Å². The monoisotopic (exact) mass is 337 g/mol. The van der Waals surface area contributed by atoms with Crippen molar-refractivity contribution in [1.82, 2.24) is 0 Å². The first-order valence-corrected chi connectivity index (χ1v) is 12.1. The van der Waals surface area contributed by atoms with E-state index >= 15 is 0 Å². The lowest BCUT2D eigenvalue weighted by Crippen LogP contribution is -2.41. The predicted octanol–water partition coefficient (Wildman–Crippen LogP) is 5.95. The molecular weight excluding hydrogens is 299 g/mol. The SMILES string of the molecule is CC[Si](CC)C[C@@H]1CCCCCC[C@H]1B1OC(C)(C)C(C)(C)O1.